The fourth-order valence-corrected chi connectivity index (χ4v) is 1.12. The molecule has 0 atom stereocenters. The molecule has 3 heteroatoms. The predicted octanol–water partition coefficient (Wildman–Crippen LogP) is 2.45. The largest absolute Gasteiger partial charge is 0.457 e. The molecule has 0 N–H and O–H groups in total. The van der Waals surface area contributed by atoms with E-state index in [0.717, 1.165) is 45.3 Å². The fraction of sp³-hybridized carbons (Fsp3) is 0.909. The van der Waals surface area contributed by atoms with E-state index in [1.807, 2.05) is 0 Å². The second-order valence-electron chi connectivity index (χ2n) is 3.31. The standard InChI is InChI=1S/C11H21O3/c1-2-3-8-13-9-6-4-5-7-10-14-11-12/h2-10H2,1H3. The van der Waals surface area contributed by atoms with E-state index in [2.05, 4.69) is 11.7 Å². The van der Waals surface area contributed by atoms with Crippen LogP contribution in [0.4, 0.5) is 0 Å². The van der Waals surface area contributed by atoms with Crippen molar-refractivity contribution in [1.82, 2.24) is 0 Å². The monoisotopic (exact) mass is 201 g/mol. The Hall–Kier alpha value is -0.570. The maximum absolute atomic E-state index is 9.67. The van der Waals surface area contributed by atoms with Gasteiger partial charge in [0.25, 0.3) is 0 Å². The minimum atomic E-state index is 0.500. The van der Waals surface area contributed by atoms with Crippen LogP contribution in [0.25, 0.3) is 0 Å². The first-order valence-electron chi connectivity index (χ1n) is 5.48. The van der Waals surface area contributed by atoms with E-state index in [1.165, 1.54) is 12.9 Å². The van der Waals surface area contributed by atoms with Gasteiger partial charge in [-0.05, 0) is 25.7 Å². The van der Waals surface area contributed by atoms with E-state index >= 15 is 0 Å². The summed E-state index contributed by atoms with van der Waals surface area (Å²) in [5.41, 5.74) is 0. The van der Waals surface area contributed by atoms with Gasteiger partial charge in [0.2, 0.25) is 0 Å². The van der Waals surface area contributed by atoms with Crippen LogP contribution < -0.4 is 0 Å². The van der Waals surface area contributed by atoms with Crippen molar-refractivity contribution in [2.45, 2.75) is 45.4 Å². The Labute approximate surface area is 86.8 Å². The van der Waals surface area contributed by atoms with Crippen LogP contribution in [0.15, 0.2) is 0 Å². The van der Waals surface area contributed by atoms with Gasteiger partial charge >= 0.3 is 6.47 Å². The molecular formula is C11H21O3. The van der Waals surface area contributed by atoms with Gasteiger partial charge in [-0.25, -0.2) is 4.79 Å². The molecule has 0 rings (SSSR count). The summed E-state index contributed by atoms with van der Waals surface area (Å²) >= 11 is 0. The zero-order chi connectivity index (χ0) is 10.5. The third kappa shape index (κ3) is 11.4. The number of rotatable bonds is 11. The molecule has 0 aromatic carbocycles. The highest BCUT2D eigenvalue weighted by Crippen LogP contribution is 2.00. The topological polar surface area (TPSA) is 35.5 Å². The van der Waals surface area contributed by atoms with Crippen molar-refractivity contribution in [3.63, 3.8) is 0 Å². The van der Waals surface area contributed by atoms with E-state index < -0.39 is 0 Å². The maximum Gasteiger partial charge on any atom is 0.417 e. The van der Waals surface area contributed by atoms with E-state index in [9.17, 15) is 4.79 Å². The lowest BCUT2D eigenvalue weighted by Crippen LogP contribution is -1.97. The van der Waals surface area contributed by atoms with Crippen LogP contribution in [0.5, 0.6) is 0 Å². The highest BCUT2D eigenvalue weighted by atomic mass is 16.5. The van der Waals surface area contributed by atoms with Crippen molar-refractivity contribution in [2.24, 2.45) is 0 Å². The Morgan fingerprint density at radius 1 is 0.929 bits per heavy atom. The van der Waals surface area contributed by atoms with Crippen molar-refractivity contribution in [1.29, 1.82) is 0 Å². The number of ether oxygens (including phenoxy) is 2. The molecule has 0 aromatic heterocycles. The van der Waals surface area contributed by atoms with E-state index in [4.69, 9.17) is 4.74 Å². The molecule has 0 saturated heterocycles. The van der Waals surface area contributed by atoms with Crippen molar-refractivity contribution in [3.8, 4) is 0 Å². The summed E-state index contributed by atoms with van der Waals surface area (Å²) < 4.78 is 9.86. The summed E-state index contributed by atoms with van der Waals surface area (Å²) in [6.07, 6.45) is 6.63. The first kappa shape index (κ1) is 13.4. The van der Waals surface area contributed by atoms with E-state index in [-0.39, 0.29) is 0 Å². The normalized spacial score (nSPS) is 10.1. The number of hydrogen-bond acceptors (Lipinski definition) is 3. The predicted molar refractivity (Wildman–Crippen MR) is 55.8 cm³/mol. The average Bonchev–Trinajstić information content (AvgIpc) is 2.21. The summed E-state index contributed by atoms with van der Waals surface area (Å²) in [7, 11) is 0. The second-order valence-corrected chi connectivity index (χ2v) is 3.31. The third-order valence-corrected chi connectivity index (χ3v) is 1.99. The molecule has 0 aliphatic carbocycles. The lowest BCUT2D eigenvalue weighted by atomic mass is 10.2. The molecule has 1 radical (unpaired) electrons. The summed E-state index contributed by atoms with van der Waals surface area (Å²) in [4.78, 5) is 9.67. The van der Waals surface area contributed by atoms with Gasteiger partial charge in [-0.2, -0.15) is 0 Å². The van der Waals surface area contributed by atoms with Crippen LogP contribution in [0.2, 0.25) is 0 Å². The number of hydrogen-bond donors (Lipinski definition) is 0. The van der Waals surface area contributed by atoms with Gasteiger partial charge in [-0.15, -0.1) is 0 Å². The average molecular weight is 201 g/mol. The Kier molecular flexibility index (Phi) is 11.9. The summed E-state index contributed by atoms with van der Waals surface area (Å²) in [5.74, 6) is 0. The molecule has 3 nitrogen and oxygen atoms in total. The Bertz CT molecular complexity index is 115. The van der Waals surface area contributed by atoms with Crippen LogP contribution in [-0.4, -0.2) is 26.3 Å². The first-order chi connectivity index (χ1) is 6.91. The van der Waals surface area contributed by atoms with Gasteiger partial charge in [-0.3, -0.25) is 0 Å². The zero-order valence-corrected chi connectivity index (χ0v) is 9.09. The molecule has 0 spiro atoms. The van der Waals surface area contributed by atoms with Crippen molar-refractivity contribution in [3.05, 3.63) is 0 Å². The molecule has 0 unspecified atom stereocenters. The van der Waals surface area contributed by atoms with Crippen LogP contribution in [0.3, 0.4) is 0 Å². The fourth-order valence-electron chi connectivity index (χ4n) is 1.12. The van der Waals surface area contributed by atoms with Crippen molar-refractivity contribution >= 4 is 6.47 Å². The molecule has 0 fully saturated rings. The molecule has 0 heterocycles. The lowest BCUT2D eigenvalue weighted by molar-refractivity contribution is 0.126. The molecular weight excluding hydrogens is 180 g/mol. The van der Waals surface area contributed by atoms with Gasteiger partial charge in [0, 0.05) is 13.2 Å². The molecule has 0 aliphatic rings. The van der Waals surface area contributed by atoms with Gasteiger partial charge in [0.1, 0.15) is 0 Å². The van der Waals surface area contributed by atoms with E-state index in [1.54, 1.807) is 0 Å². The second kappa shape index (κ2) is 12.4. The van der Waals surface area contributed by atoms with Crippen LogP contribution in [0.1, 0.15) is 45.4 Å². The van der Waals surface area contributed by atoms with Gasteiger partial charge in [-0.1, -0.05) is 19.8 Å². The van der Waals surface area contributed by atoms with Crippen LogP contribution >= 0.6 is 0 Å². The lowest BCUT2D eigenvalue weighted by Gasteiger charge is -2.02. The Morgan fingerprint density at radius 2 is 1.57 bits per heavy atom. The minimum Gasteiger partial charge on any atom is -0.457 e. The van der Waals surface area contributed by atoms with Crippen molar-refractivity contribution in [2.75, 3.05) is 19.8 Å². The Balaban J connectivity index is 2.81. The van der Waals surface area contributed by atoms with Gasteiger partial charge in [0.05, 0.1) is 6.61 Å². The SMILES string of the molecule is CCCCOCCCCCCO[C]=O. The molecule has 0 aromatic rings. The zero-order valence-electron chi connectivity index (χ0n) is 9.09. The molecule has 0 amide bonds. The highest BCUT2D eigenvalue weighted by molar-refractivity contribution is 5.37. The third-order valence-electron chi connectivity index (χ3n) is 1.99. The smallest absolute Gasteiger partial charge is 0.417 e. The number of unbranched alkanes of at least 4 members (excludes halogenated alkanes) is 4. The molecule has 14 heavy (non-hydrogen) atoms. The summed E-state index contributed by atoms with van der Waals surface area (Å²) in [5, 5.41) is 0. The van der Waals surface area contributed by atoms with Crippen LogP contribution in [-0.2, 0) is 14.3 Å². The van der Waals surface area contributed by atoms with Gasteiger partial charge in [0.15, 0.2) is 0 Å². The number of carbonyl (C=O) groups excluding carboxylic acids is 1. The van der Waals surface area contributed by atoms with E-state index in [0.29, 0.717) is 6.61 Å². The molecule has 83 valence electrons. The molecule has 0 saturated carbocycles. The van der Waals surface area contributed by atoms with Crippen LogP contribution in [0, 0.1) is 0 Å². The highest BCUT2D eigenvalue weighted by Gasteiger charge is 1.91. The molecule has 0 bridgehead atoms. The molecule has 0 aliphatic heterocycles. The Morgan fingerprint density at radius 3 is 2.21 bits per heavy atom. The minimum absolute atomic E-state index is 0.500. The summed E-state index contributed by atoms with van der Waals surface area (Å²) in [6.45, 7) is 5.83. The maximum atomic E-state index is 9.67. The summed E-state index contributed by atoms with van der Waals surface area (Å²) in [6, 6.07) is 0. The van der Waals surface area contributed by atoms with Crippen molar-refractivity contribution < 1.29 is 14.3 Å². The first-order valence-corrected chi connectivity index (χ1v) is 5.48. The van der Waals surface area contributed by atoms with Gasteiger partial charge < -0.3 is 9.47 Å². The quantitative estimate of drug-likeness (QED) is 0.482.